The zero-order chi connectivity index (χ0) is 15.4. The molecule has 1 saturated carbocycles. The van der Waals surface area contributed by atoms with E-state index < -0.39 is 0 Å². The second kappa shape index (κ2) is 7.37. The summed E-state index contributed by atoms with van der Waals surface area (Å²) >= 11 is 1.45. The van der Waals surface area contributed by atoms with Crippen molar-refractivity contribution < 1.29 is 9.53 Å². The molecule has 122 valence electrons. The van der Waals surface area contributed by atoms with Crippen LogP contribution >= 0.6 is 11.5 Å². The van der Waals surface area contributed by atoms with Gasteiger partial charge < -0.3 is 14.5 Å². The van der Waals surface area contributed by atoms with E-state index >= 15 is 0 Å². The lowest BCUT2D eigenvalue weighted by molar-refractivity contribution is -0.135. The van der Waals surface area contributed by atoms with Crippen molar-refractivity contribution in [1.82, 2.24) is 14.3 Å². The number of methoxy groups -OCH3 is 1. The van der Waals surface area contributed by atoms with E-state index in [0.29, 0.717) is 12.5 Å². The van der Waals surface area contributed by atoms with Gasteiger partial charge in [0.25, 0.3) is 0 Å². The van der Waals surface area contributed by atoms with E-state index in [2.05, 4.69) is 14.3 Å². The van der Waals surface area contributed by atoms with Gasteiger partial charge in [0.15, 0.2) is 0 Å². The smallest absolute Gasteiger partial charge is 0.225 e. The van der Waals surface area contributed by atoms with Gasteiger partial charge in [-0.2, -0.15) is 4.37 Å². The number of anilines is 1. The van der Waals surface area contributed by atoms with E-state index in [1.165, 1.54) is 24.4 Å². The summed E-state index contributed by atoms with van der Waals surface area (Å²) in [6.45, 7) is 3.99. The maximum atomic E-state index is 12.4. The minimum Gasteiger partial charge on any atom is -0.384 e. The van der Waals surface area contributed by atoms with Gasteiger partial charge in [0, 0.05) is 57.2 Å². The van der Waals surface area contributed by atoms with Gasteiger partial charge in [0.05, 0.1) is 6.61 Å². The summed E-state index contributed by atoms with van der Waals surface area (Å²) in [7, 11) is 1.69. The van der Waals surface area contributed by atoms with E-state index in [-0.39, 0.29) is 5.92 Å². The Hall–Kier alpha value is -1.21. The summed E-state index contributed by atoms with van der Waals surface area (Å²) in [5, 5.41) is 0.971. The molecule has 2 aliphatic rings. The Kier molecular flexibility index (Phi) is 5.25. The van der Waals surface area contributed by atoms with E-state index in [9.17, 15) is 4.79 Å². The average molecular weight is 324 g/mol. The summed E-state index contributed by atoms with van der Waals surface area (Å²) in [5.41, 5.74) is 0. The van der Waals surface area contributed by atoms with Crippen LogP contribution in [0.5, 0.6) is 0 Å². The summed E-state index contributed by atoms with van der Waals surface area (Å²) < 4.78 is 9.43. The molecule has 1 saturated heterocycles. The minimum absolute atomic E-state index is 0.286. The van der Waals surface area contributed by atoms with Crippen LogP contribution in [-0.4, -0.2) is 60.1 Å². The van der Waals surface area contributed by atoms with E-state index in [0.717, 1.165) is 56.4 Å². The van der Waals surface area contributed by atoms with Gasteiger partial charge >= 0.3 is 0 Å². The molecule has 1 aliphatic heterocycles. The van der Waals surface area contributed by atoms with Crippen LogP contribution in [0, 0.1) is 5.92 Å². The maximum absolute atomic E-state index is 12.4. The van der Waals surface area contributed by atoms with Crippen LogP contribution in [0.4, 0.5) is 5.13 Å². The number of carbonyl (C=O) groups is 1. The largest absolute Gasteiger partial charge is 0.384 e. The van der Waals surface area contributed by atoms with Crippen LogP contribution in [0.1, 0.15) is 31.5 Å². The molecule has 7 heteroatoms. The highest BCUT2D eigenvalue weighted by atomic mass is 32.1. The third-order valence-corrected chi connectivity index (χ3v) is 5.37. The molecular formula is C15H24N4O2S. The molecular weight excluding hydrogens is 300 g/mol. The number of rotatable bonds is 5. The fourth-order valence-electron chi connectivity index (χ4n) is 3.22. The molecule has 0 unspecified atom stereocenters. The second-order valence-electron chi connectivity index (χ2n) is 6.03. The fourth-order valence-corrected chi connectivity index (χ4v) is 3.98. The van der Waals surface area contributed by atoms with E-state index in [1.807, 2.05) is 4.90 Å². The fraction of sp³-hybridized carbons (Fsp3) is 0.800. The summed E-state index contributed by atoms with van der Waals surface area (Å²) in [6.07, 6.45) is 5.35. The molecule has 0 aromatic carbocycles. The van der Waals surface area contributed by atoms with Gasteiger partial charge in [-0.15, -0.1) is 0 Å². The molecule has 22 heavy (non-hydrogen) atoms. The molecule has 0 N–H and O–H groups in total. The third-order valence-electron chi connectivity index (χ3n) is 4.55. The molecule has 3 rings (SSSR count). The number of piperazine rings is 1. The van der Waals surface area contributed by atoms with Crippen molar-refractivity contribution in [3.8, 4) is 0 Å². The number of hydrogen-bond acceptors (Lipinski definition) is 6. The van der Waals surface area contributed by atoms with Crippen LogP contribution in [0.3, 0.4) is 0 Å². The monoisotopic (exact) mass is 324 g/mol. The van der Waals surface area contributed by atoms with Gasteiger partial charge in [-0.1, -0.05) is 12.8 Å². The van der Waals surface area contributed by atoms with Crippen molar-refractivity contribution in [2.75, 3.05) is 44.8 Å². The van der Waals surface area contributed by atoms with Crippen LogP contribution in [0.25, 0.3) is 0 Å². The molecule has 1 aromatic heterocycles. The highest BCUT2D eigenvalue weighted by Gasteiger charge is 2.30. The molecule has 1 aromatic rings. The summed E-state index contributed by atoms with van der Waals surface area (Å²) in [4.78, 5) is 21.3. The first-order chi connectivity index (χ1) is 10.8. The first-order valence-corrected chi connectivity index (χ1v) is 8.90. The number of aromatic nitrogens is 2. The van der Waals surface area contributed by atoms with Crippen molar-refractivity contribution in [2.45, 2.75) is 32.1 Å². The minimum atomic E-state index is 0.286. The maximum Gasteiger partial charge on any atom is 0.225 e. The standard InChI is InChI=1S/C15H24N4O2S/c1-21-11-6-13-16-15(22-17-13)19-9-7-18(8-10-19)14(20)12-4-2-3-5-12/h12H,2-11H2,1H3. The first kappa shape index (κ1) is 15.7. The van der Waals surface area contributed by atoms with Crippen LogP contribution in [0.15, 0.2) is 0 Å². The molecule has 6 nitrogen and oxygen atoms in total. The number of amides is 1. The number of nitrogens with zero attached hydrogens (tertiary/aromatic N) is 4. The Morgan fingerprint density at radius 3 is 2.68 bits per heavy atom. The highest BCUT2D eigenvalue weighted by molar-refractivity contribution is 7.09. The van der Waals surface area contributed by atoms with Gasteiger partial charge in [0.2, 0.25) is 11.0 Å². The molecule has 2 heterocycles. The molecule has 1 amide bonds. The Labute approximate surface area is 135 Å². The lowest BCUT2D eigenvalue weighted by Crippen LogP contribution is -2.50. The number of ether oxygens (including phenoxy) is 1. The SMILES string of the molecule is COCCc1nsc(N2CCN(C(=O)C3CCCC3)CC2)n1. The topological polar surface area (TPSA) is 58.6 Å². The zero-order valence-electron chi connectivity index (χ0n) is 13.2. The Morgan fingerprint density at radius 2 is 2.00 bits per heavy atom. The summed E-state index contributed by atoms with van der Waals surface area (Å²) in [6, 6.07) is 0. The van der Waals surface area contributed by atoms with Crippen molar-refractivity contribution in [1.29, 1.82) is 0 Å². The Bertz CT molecular complexity index is 493. The van der Waals surface area contributed by atoms with Gasteiger partial charge in [-0.25, -0.2) is 4.98 Å². The van der Waals surface area contributed by atoms with Gasteiger partial charge in [-0.05, 0) is 12.8 Å². The molecule has 0 spiro atoms. The molecule has 0 radical (unpaired) electrons. The van der Waals surface area contributed by atoms with Crippen LogP contribution < -0.4 is 4.90 Å². The highest BCUT2D eigenvalue weighted by Crippen LogP contribution is 2.27. The van der Waals surface area contributed by atoms with Gasteiger partial charge in [-0.3, -0.25) is 4.79 Å². The number of hydrogen-bond donors (Lipinski definition) is 0. The Morgan fingerprint density at radius 1 is 1.27 bits per heavy atom. The van der Waals surface area contributed by atoms with Crippen LogP contribution in [-0.2, 0) is 16.0 Å². The summed E-state index contributed by atoms with van der Waals surface area (Å²) in [5.74, 6) is 1.51. The molecule has 2 fully saturated rings. The lowest BCUT2D eigenvalue weighted by Gasteiger charge is -2.35. The first-order valence-electron chi connectivity index (χ1n) is 8.13. The predicted octanol–water partition coefficient (Wildman–Crippen LogP) is 1.57. The third kappa shape index (κ3) is 3.57. The second-order valence-corrected chi connectivity index (χ2v) is 6.76. The normalized spacial score (nSPS) is 19.9. The molecule has 0 bridgehead atoms. The van der Waals surface area contributed by atoms with Crippen molar-refractivity contribution in [3.63, 3.8) is 0 Å². The van der Waals surface area contributed by atoms with Crippen LogP contribution in [0.2, 0.25) is 0 Å². The lowest BCUT2D eigenvalue weighted by atomic mass is 10.1. The van der Waals surface area contributed by atoms with E-state index in [1.54, 1.807) is 7.11 Å². The van der Waals surface area contributed by atoms with Crippen molar-refractivity contribution in [3.05, 3.63) is 5.82 Å². The van der Waals surface area contributed by atoms with E-state index in [4.69, 9.17) is 4.74 Å². The predicted molar refractivity (Wildman–Crippen MR) is 86.2 cm³/mol. The quantitative estimate of drug-likeness (QED) is 0.823. The van der Waals surface area contributed by atoms with Gasteiger partial charge in [0.1, 0.15) is 5.82 Å². The average Bonchev–Trinajstić information content (AvgIpc) is 3.24. The molecule has 0 atom stereocenters. The molecule has 1 aliphatic carbocycles. The van der Waals surface area contributed by atoms with Crippen molar-refractivity contribution in [2.24, 2.45) is 5.92 Å². The zero-order valence-corrected chi connectivity index (χ0v) is 14.0. The number of carbonyl (C=O) groups excluding carboxylic acids is 1. The van der Waals surface area contributed by atoms with Crippen molar-refractivity contribution >= 4 is 22.6 Å². The Balaban J connectivity index is 1.50.